The molecule has 0 aliphatic heterocycles. The van der Waals surface area contributed by atoms with E-state index in [0.717, 1.165) is 17.7 Å². The first-order valence-electron chi connectivity index (χ1n) is 13.8. The van der Waals surface area contributed by atoms with Crippen molar-refractivity contribution in [2.24, 2.45) is 0 Å². The van der Waals surface area contributed by atoms with Gasteiger partial charge in [-0.3, -0.25) is 4.79 Å². The summed E-state index contributed by atoms with van der Waals surface area (Å²) < 4.78 is 109. The number of oxazole rings is 1. The topological polar surface area (TPSA) is 182 Å². The molecule has 0 saturated heterocycles. The summed E-state index contributed by atoms with van der Waals surface area (Å²) in [6, 6.07) is 12.5. The molecule has 0 spiro atoms. The third-order valence-corrected chi connectivity index (χ3v) is 7.63. The van der Waals surface area contributed by atoms with Crippen LogP contribution >= 0.6 is 0 Å². The highest BCUT2D eigenvalue weighted by atomic mass is 32.2. The number of aliphatic hydroxyl groups is 1. The maximum atomic E-state index is 13.9. The fraction of sp³-hybridized carbons (Fsp3) is 0.194. The summed E-state index contributed by atoms with van der Waals surface area (Å²) in [7, 11) is -2.99. The Balaban J connectivity index is 0.000000401. The van der Waals surface area contributed by atoms with Crippen LogP contribution in [0.5, 0.6) is 5.75 Å². The number of hydrogen-bond donors (Lipinski definition) is 3. The lowest BCUT2D eigenvalue weighted by Crippen LogP contribution is -2.55. The Hall–Kier alpha value is -4.97. The van der Waals surface area contributed by atoms with Crippen molar-refractivity contribution in [1.29, 1.82) is 0 Å². The summed E-state index contributed by atoms with van der Waals surface area (Å²) in [5.74, 6) is -2.61. The summed E-state index contributed by atoms with van der Waals surface area (Å²) in [6.45, 7) is 1.01. The van der Waals surface area contributed by atoms with Gasteiger partial charge in [0.2, 0.25) is 5.89 Å². The van der Waals surface area contributed by atoms with Gasteiger partial charge in [0.1, 0.15) is 45.3 Å². The molecule has 1 amide bonds. The number of aliphatic hydroxyl groups excluding tert-OH is 1. The van der Waals surface area contributed by atoms with Gasteiger partial charge in [-0.05, 0) is 49.4 Å². The zero-order valence-electron chi connectivity index (χ0n) is 25.1. The van der Waals surface area contributed by atoms with Crippen molar-refractivity contribution in [3.8, 4) is 17.2 Å². The van der Waals surface area contributed by atoms with Crippen molar-refractivity contribution in [3.63, 3.8) is 0 Å². The molecule has 5 N–H and O–H groups in total. The Bertz CT molecular complexity index is 2050. The summed E-state index contributed by atoms with van der Waals surface area (Å²) >= 11 is 0. The van der Waals surface area contributed by atoms with E-state index in [-0.39, 0.29) is 56.6 Å². The largest absolute Gasteiger partial charge is 0.744 e. The molecule has 2 heterocycles. The fourth-order valence-corrected chi connectivity index (χ4v) is 4.77. The quantitative estimate of drug-likeness (QED) is 0.158. The van der Waals surface area contributed by atoms with E-state index in [1.54, 1.807) is 12.1 Å². The Morgan fingerprint density at radius 2 is 1.75 bits per heavy atom. The van der Waals surface area contributed by atoms with E-state index in [1.807, 2.05) is 6.92 Å². The van der Waals surface area contributed by atoms with Gasteiger partial charge in [-0.2, -0.15) is 13.2 Å². The van der Waals surface area contributed by atoms with Crippen molar-refractivity contribution in [3.05, 3.63) is 107 Å². The van der Waals surface area contributed by atoms with Crippen LogP contribution < -0.4 is 15.8 Å². The number of aromatic nitrogens is 2. The van der Waals surface area contributed by atoms with Gasteiger partial charge >= 0.3 is 6.18 Å². The van der Waals surface area contributed by atoms with Gasteiger partial charge in [-0.15, -0.1) is 0 Å². The first-order chi connectivity index (χ1) is 22.5. The Morgan fingerprint density at radius 3 is 2.33 bits per heavy atom. The van der Waals surface area contributed by atoms with E-state index in [9.17, 15) is 44.8 Å². The number of amides is 1. The number of methoxy groups -OCH3 is 1. The number of alkyl halides is 3. The molecule has 0 unspecified atom stereocenters. The van der Waals surface area contributed by atoms with Crippen LogP contribution in [0.4, 0.5) is 22.0 Å². The number of carbonyl (C=O) groups is 1. The molecule has 0 aliphatic rings. The van der Waals surface area contributed by atoms with E-state index < -0.39 is 52.2 Å². The van der Waals surface area contributed by atoms with Gasteiger partial charge in [-0.1, -0.05) is 23.8 Å². The van der Waals surface area contributed by atoms with Gasteiger partial charge in [0.05, 0.1) is 12.0 Å². The van der Waals surface area contributed by atoms with E-state index in [4.69, 9.17) is 9.15 Å². The number of pyridine rings is 1. The second kappa shape index (κ2) is 14.4. The molecule has 0 aliphatic carbocycles. The highest BCUT2D eigenvalue weighted by Crippen LogP contribution is 2.37. The molecule has 11 nitrogen and oxygen atoms in total. The maximum Gasteiger partial charge on any atom is 0.433 e. The number of rotatable bonds is 8. The molecular weight excluding hydrogens is 667 g/mol. The summed E-state index contributed by atoms with van der Waals surface area (Å²) in [5, 5.41) is 12.2. The second-order valence-electron chi connectivity index (χ2n) is 10.2. The number of carbonyl (C=O) groups excluding carboxylic acids is 1. The number of nitrogens with one attached hydrogen (secondary N) is 1. The Labute approximate surface area is 269 Å². The Morgan fingerprint density at radius 1 is 1.06 bits per heavy atom. The fourth-order valence-electron chi connectivity index (χ4n) is 4.30. The van der Waals surface area contributed by atoms with Gasteiger partial charge < -0.3 is 29.9 Å². The van der Waals surface area contributed by atoms with Crippen LogP contribution in [-0.2, 0) is 22.8 Å². The number of quaternary nitrogens is 1. The molecule has 254 valence electrons. The number of halogens is 5. The number of aryl methyl sites for hydroxylation is 1. The maximum absolute atomic E-state index is 13.9. The van der Waals surface area contributed by atoms with Crippen LogP contribution in [0.2, 0.25) is 0 Å². The molecule has 3 aromatic carbocycles. The second-order valence-corrected chi connectivity index (χ2v) is 11.6. The van der Waals surface area contributed by atoms with Crippen LogP contribution in [0.3, 0.4) is 0 Å². The molecule has 0 saturated carbocycles. The van der Waals surface area contributed by atoms with E-state index in [2.05, 4.69) is 21.0 Å². The standard InChI is InChI=1S/C24H19F5N4O4.C7H8O3S/c1-36-17-6-4-14(13-5-7-18(24(27,28)29)32-19(13)17)23-33-20(21(37-23)16(30)10-34)22(35)31-9-11-2-3-12(25)8-15(11)26;1-6-2-4-7(5-3-6)11(8,9)10/h2-8,16,34H,9-10,30H2,1H3,(H,31,35);2-5H,1H3,(H,8,9,10)/t16-;/m0./s1. The third kappa shape index (κ3) is 8.29. The predicted molar refractivity (Wildman–Crippen MR) is 158 cm³/mol. The highest BCUT2D eigenvalue weighted by molar-refractivity contribution is 7.85. The molecule has 2 aromatic heterocycles. The van der Waals surface area contributed by atoms with Crippen LogP contribution in [0.25, 0.3) is 22.4 Å². The Kier molecular flexibility index (Phi) is 10.8. The van der Waals surface area contributed by atoms with Crippen molar-refractivity contribution in [2.45, 2.75) is 30.6 Å². The van der Waals surface area contributed by atoms with Gasteiger partial charge in [0.15, 0.2) is 17.5 Å². The summed E-state index contributed by atoms with van der Waals surface area (Å²) in [6.07, 6.45) is -4.69. The molecule has 5 aromatic rings. The molecule has 0 fully saturated rings. The molecule has 17 heteroatoms. The van der Waals surface area contributed by atoms with Crippen LogP contribution in [-0.4, -0.2) is 47.7 Å². The number of benzene rings is 3. The van der Waals surface area contributed by atoms with Gasteiger partial charge in [0.25, 0.3) is 5.91 Å². The molecular formula is C31H27F5N4O7S. The zero-order chi connectivity index (χ0) is 35.4. The zero-order valence-corrected chi connectivity index (χ0v) is 26.0. The van der Waals surface area contributed by atoms with Gasteiger partial charge in [-0.25, -0.2) is 27.2 Å². The van der Waals surface area contributed by atoms with Crippen molar-refractivity contribution in [2.75, 3.05) is 13.7 Å². The first kappa shape index (κ1) is 35.9. The minimum absolute atomic E-state index is 0.0149. The smallest absolute Gasteiger partial charge is 0.433 e. The summed E-state index contributed by atoms with van der Waals surface area (Å²) in [4.78, 5) is 20.6. The molecule has 48 heavy (non-hydrogen) atoms. The van der Waals surface area contributed by atoms with E-state index >= 15 is 0 Å². The number of nitrogens with zero attached hydrogens (tertiary/aromatic N) is 2. The van der Waals surface area contributed by atoms with Crippen molar-refractivity contribution < 1.29 is 59.7 Å². The minimum atomic E-state index is -4.69. The van der Waals surface area contributed by atoms with Crippen LogP contribution in [0, 0.1) is 18.6 Å². The molecule has 5 rings (SSSR count). The average molecular weight is 695 g/mol. The first-order valence-corrected chi connectivity index (χ1v) is 15.2. The molecule has 0 bridgehead atoms. The van der Waals surface area contributed by atoms with Gasteiger partial charge in [0, 0.05) is 29.1 Å². The lowest BCUT2D eigenvalue weighted by molar-refractivity contribution is -0.436. The molecule has 0 radical (unpaired) electrons. The third-order valence-electron chi connectivity index (χ3n) is 6.78. The van der Waals surface area contributed by atoms with Crippen molar-refractivity contribution in [1.82, 2.24) is 15.3 Å². The average Bonchev–Trinajstić information content (AvgIpc) is 3.48. The molecule has 1 atom stereocenters. The van der Waals surface area contributed by atoms with E-state index in [1.165, 1.54) is 43.5 Å². The number of fused-ring (bicyclic) bond motifs is 1. The lowest BCUT2D eigenvalue weighted by Gasteiger charge is -2.11. The summed E-state index contributed by atoms with van der Waals surface area (Å²) in [5.41, 5.74) is 3.36. The lowest BCUT2D eigenvalue weighted by atomic mass is 10.1. The number of hydrogen-bond acceptors (Lipinski definition) is 9. The normalized spacial score (nSPS) is 12.3. The van der Waals surface area contributed by atoms with Crippen molar-refractivity contribution >= 4 is 26.9 Å². The van der Waals surface area contributed by atoms with E-state index in [0.29, 0.717) is 6.07 Å². The monoisotopic (exact) mass is 694 g/mol. The minimum Gasteiger partial charge on any atom is -0.744 e. The SMILES string of the molecule is COc1ccc(-c2nc(C(=O)NCc3ccc(F)cc3F)c([C@@H]([NH3+])CO)o2)c2ccc(C(F)(F)F)nc12.Cc1ccc(S(=O)(=O)[O-])cc1. The highest BCUT2D eigenvalue weighted by Gasteiger charge is 2.33. The number of ether oxygens (including phenoxy) is 1. The van der Waals surface area contributed by atoms with Crippen LogP contribution in [0.15, 0.2) is 76.0 Å². The van der Waals surface area contributed by atoms with Crippen LogP contribution in [0.1, 0.15) is 39.1 Å². The predicted octanol–water partition coefficient (Wildman–Crippen LogP) is 4.30.